The van der Waals surface area contributed by atoms with Gasteiger partial charge in [0.05, 0.1) is 65.4 Å². The van der Waals surface area contributed by atoms with Crippen LogP contribution in [0.1, 0.15) is 46.7 Å². The number of fused-ring (bicyclic) bond motifs is 5. The summed E-state index contributed by atoms with van der Waals surface area (Å²) in [5.41, 5.74) is 7.13. The summed E-state index contributed by atoms with van der Waals surface area (Å²) >= 11 is 0. The molecule has 11 rings (SSSR count). The van der Waals surface area contributed by atoms with Gasteiger partial charge in [-0.25, -0.2) is 0 Å². The third-order valence-corrected chi connectivity index (χ3v) is 20.3. The molecule has 0 unspecified atom stereocenters. The number of anilines is 3. The van der Waals surface area contributed by atoms with E-state index in [9.17, 15) is 19.5 Å². The molecule has 6 aromatic carbocycles. The minimum Gasteiger partial charge on any atom is -0.497 e. The monoisotopic (exact) mass is 1000 g/mol. The van der Waals surface area contributed by atoms with Gasteiger partial charge in [-0.1, -0.05) is 110 Å². The van der Waals surface area contributed by atoms with Gasteiger partial charge in [-0.05, 0) is 94.4 Å². The van der Waals surface area contributed by atoms with Crippen molar-refractivity contribution in [1.29, 1.82) is 0 Å². The molecule has 8 aromatic rings. The van der Waals surface area contributed by atoms with Crippen LogP contribution in [0.15, 0.2) is 152 Å². The van der Waals surface area contributed by atoms with E-state index < -0.39 is 31.7 Å². The molecule has 0 bridgehead atoms. The van der Waals surface area contributed by atoms with Crippen LogP contribution in [0.2, 0.25) is 18.6 Å². The first-order chi connectivity index (χ1) is 35.8. The second kappa shape index (κ2) is 19.6. The van der Waals surface area contributed by atoms with Gasteiger partial charge in [0.2, 0.25) is 17.7 Å². The van der Waals surface area contributed by atoms with Crippen molar-refractivity contribution >= 4 is 75.8 Å². The van der Waals surface area contributed by atoms with Gasteiger partial charge >= 0.3 is 0 Å². The smallest absolute Gasteiger partial charge is 0.264 e. The first-order valence-corrected chi connectivity index (χ1v) is 28.5. The summed E-state index contributed by atoms with van der Waals surface area (Å²) in [6.07, 6.45) is 3.85. The number of para-hydroxylation sites is 2. The number of hydrogen-bond donors (Lipinski definition) is 5. The Balaban J connectivity index is 0.953. The molecule has 3 aliphatic heterocycles. The number of carbonyl (C=O) groups is 4. The lowest BCUT2D eigenvalue weighted by Crippen LogP contribution is -2.52. The molecular weight excluding hydrogens is 945 g/mol. The molecule has 4 amide bonds. The van der Waals surface area contributed by atoms with Gasteiger partial charge < -0.3 is 45.0 Å². The van der Waals surface area contributed by atoms with Crippen molar-refractivity contribution in [1.82, 2.24) is 14.9 Å². The van der Waals surface area contributed by atoms with Crippen LogP contribution in [-0.4, -0.2) is 77.5 Å². The fraction of sp³-hybridized carbons (Fsp3) is 0.267. The number of aromatic amines is 2. The molecule has 5 N–H and O–H groups in total. The topological polar surface area (TPSA) is 169 Å². The summed E-state index contributed by atoms with van der Waals surface area (Å²) < 4.78 is 13.0. The molecule has 0 radical (unpaired) electrons. The number of aromatic nitrogens is 2. The van der Waals surface area contributed by atoms with Crippen LogP contribution in [0.3, 0.4) is 0 Å². The van der Waals surface area contributed by atoms with E-state index in [0.29, 0.717) is 35.6 Å². The molecule has 3 aliphatic rings. The summed E-state index contributed by atoms with van der Waals surface area (Å²) in [7, 11) is -1.06. The van der Waals surface area contributed by atoms with Crippen molar-refractivity contribution in [2.75, 3.05) is 29.3 Å². The van der Waals surface area contributed by atoms with E-state index >= 15 is 4.79 Å². The quantitative estimate of drug-likeness (QED) is 0.0677. The van der Waals surface area contributed by atoms with Crippen LogP contribution in [0.4, 0.5) is 17.1 Å². The Morgan fingerprint density at radius 3 is 2.04 bits per heavy atom. The maximum Gasteiger partial charge on any atom is 0.264 e. The summed E-state index contributed by atoms with van der Waals surface area (Å²) in [6, 6.07) is 44.6. The van der Waals surface area contributed by atoms with Gasteiger partial charge in [-0.15, -0.1) is 0 Å². The predicted octanol–water partition coefficient (Wildman–Crippen LogP) is 9.12. The van der Waals surface area contributed by atoms with Crippen molar-refractivity contribution < 1.29 is 33.8 Å². The number of aliphatic hydroxyl groups excluding tert-OH is 1. The number of nitrogens with zero attached hydrogens (tertiary/aromatic N) is 2. The van der Waals surface area contributed by atoms with Gasteiger partial charge in [0, 0.05) is 63.6 Å². The number of ether oxygens (including phenoxy) is 2. The van der Waals surface area contributed by atoms with E-state index in [2.05, 4.69) is 58.8 Å². The zero-order chi connectivity index (χ0) is 51.3. The van der Waals surface area contributed by atoms with E-state index in [-0.39, 0.29) is 61.6 Å². The van der Waals surface area contributed by atoms with Crippen LogP contribution in [0.5, 0.6) is 5.75 Å². The van der Waals surface area contributed by atoms with E-state index in [4.69, 9.17) is 9.47 Å². The molecule has 1 saturated heterocycles. The Kier molecular flexibility index (Phi) is 12.8. The largest absolute Gasteiger partial charge is 0.497 e. The number of benzene rings is 6. The first kappa shape index (κ1) is 48.5. The molecule has 5 heterocycles. The average molecular weight is 1010 g/mol. The molecule has 14 heteroatoms. The lowest BCUT2D eigenvalue weighted by atomic mass is 9.82. The minimum absolute atomic E-state index is 0.00797. The number of nitrogens with one attached hydrogen (secondary N) is 4. The Labute approximate surface area is 430 Å². The van der Waals surface area contributed by atoms with Crippen molar-refractivity contribution in [3.63, 3.8) is 0 Å². The van der Waals surface area contributed by atoms with Gasteiger partial charge in [0.15, 0.2) is 5.60 Å². The normalized spacial score (nSPS) is 20.3. The third kappa shape index (κ3) is 8.75. The van der Waals surface area contributed by atoms with E-state index in [1.807, 2.05) is 134 Å². The Hall–Kier alpha value is -7.78. The summed E-state index contributed by atoms with van der Waals surface area (Å²) in [6.45, 7) is 6.96. The van der Waals surface area contributed by atoms with Gasteiger partial charge in [0.1, 0.15) is 5.75 Å². The number of carbonyl (C=O) groups excluding carboxylic acids is 4. The summed E-state index contributed by atoms with van der Waals surface area (Å²) in [4.78, 5) is 68.5. The number of rotatable bonds is 14. The fourth-order valence-corrected chi connectivity index (χ4v) is 16.3. The van der Waals surface area contributed by atoms with E-state index in [1.54, 1.807) is 16.9 Å². The van der Waals surface area contributed by atoms with Gasteiger partial charge in [-0.3, -0.25) is 19.2 Å². The van der Waals surface area contributed by atoms with E-state index in [0.717, 1.165) is 60.6 Å². The maximum atomic E-state index is 16.0. The second-order valence-corrected chi connectivity index (χ2v) is 25.4. The van der Waals surface area contributed by atoms with Crippen molar-refractivity contribution in [3.8, 4) is 5.75 Å². The van der Waals surface area contributed by atoms with Crippen molar-refractivity contribution in [2.24, 2.45) is 5.92 Å². The molecule has 376 valence electrons. The van der Waals surface area contributed by atoms with Crippen LogP contribution >= 0.6 is 0 Å². The lowest BCUT2D eigenvalue weighted by molar-refractivity contribution is -0.151. The highest BCUT2D eigenvalue weighted by molar-refractivity contribution is 6.91. The Morgan fingerprint density at radius 2 is 1.39 bits per heavy atom. The van der Waals surface area contributed by atoms with Gasteiger partial charge in [-0.2, -0.15) is 0 Å². The van der Waals surface area contributed by atoms with Crippen LogP contribution < -0.4 is 25.5 Å². The first-order valence-electron chi connectivity index (χ1n) is 25.4. The molecular formula is C60H60N6O7Si. The SMILES string of the molecule is COc1ccc([Si](C)(C)[C@@H]2[C@@H](CC(=O)N3Cc4ccccc4C[C@H]3CO)O[C@]3(C(=O)N(Cc4cccc(NC(=O)Cc5c[nH]c6ccccc56)c4)c4ccc(NC(=O)Cc5c[nH]c6ccccc56)cc43)[C@H]2C)cc1. The molecule has 74 heavy (non-hydrogen) atoms. The highest BCUT2D eigenvalue weighted by Gasteiger charge is 2.66. The van der Waals surface area contributed by atoms with Crippen molar-refractivity contribution in [2.45, 2.75) is 82.1 Å². The standard InChI is InChI=1S/C60H60N6O7Si/c1-37-58(74(3,4)47-23-21-46(72-2)22-24-47)54(31-57(70)65-35-40-14-6-5-13-39(40)27-45(65)36-67)73-60(37)50-30-44(64-56(69)29-42-33-62-52-19-10-8-17-49(42)52)20-25-53(50)66(59(60)71)34-38-12-11-15-43(26-38)63-55(68)28-41-32-61-51-18-9-7-16-48(41)51/h5-26,30,32-33,37,45,54,58,61-62,67H,27-29,31,34-36H2,1-4H3,(H,63,68)(H,64,69)/t37-,45-,54+,58-,60+/m0/s1. The number of aliphatic hydroxyl groups is 1. The molecule has 0 aliphatic carbocycles. The van der Waals surface area contributed by atoms with Crippen LogP contribution in [0.25, 0.3) is 21.8 Å². The zero-order valence-corrected chi connectivity index (χ0v) is 43.0. The molecule has 2 aromatic heterocycles. The van der Waals surface area contributed by atoms with Gasteiger partial charge in [0.25, 0.3) is 5.91 Å². The number of H-pyrrole nitrogens is 2. The van der Waals surface area contributed by atoms with Crippen LogP contribution in [-0.2, 0) is 61.9 Å². The highest BCUT2D eigenvalue weighted by Crippen LogP contribution is 2.60. The Morgan fingerprint density at radius 1 is 0.770 bits per heavy atom. The average Bonchev–Trinajstić information content (AvgIpc) is 4.15. The lowest BCUT2D eigenvalue weighted by Gasteiger charge is -2.39. The number of amides is 4. The fourth-order valence-electron chi connectivity index (χ4n) is 12.3. The van der Waals surface area contributed by atoms with Crippen molar-refractivity contribution in [3.05, 3.63) is 185 Å². The molecule has 5 atom stereocenters. The summed E-state index contributed by atoms with van der Waals surface area (Å²) in [5, 5.41) is 20.0. The zero-order valence-electron chi connectivity index (χ0n) is 42.0. The third-order valence-electron chi connectivity index (χ3n) is 16.0. The number of methoxy groups -OCH3 is 1. The molecule has 1 spiro atoms. The Bertz CT molecular complexity index is 3460. The summed E-state index contributed by atoms with van der Waals surface area (Å²) in [5.74, 6) is -0.536. The second-order valence-electron chi connectivity index (χ2n) is 20.7. The highest BCUT2D eigenvalue weighted by atomic mass is 28.3. The molecule has 13 nitrogen and oxygen atoms in total. The molecule has 1 fully saturated rings. The predicted molar refractivity (Wildman–Crippen MR) is 291 cm³/mol. The minimum atomic E-state index is -2.70. The number of hydrogen-bond acceptors (Lipinski definition) is 7. The van der Waals surface area contributed by atoms with E-state index in [1.165, 1.54) is 0 Å². The van der Waals surface area contributed by atoms with Crippen LogP contribution in [0, 0.1) is 5.92 Å². The maximum absolute atomic E-state index is 16.0. The molecule has 0 saturated carbocycles.